The molecule has 0 fully saturated rings. The zero-order valence-corrected chi connectivity index (χ0v) is 29.2. The summed E-state index contributed by atoms with van der Waals surface area (Å²) in [6, 6.07) is 14.9. The van der Waals surface area contributed by atoms with E-state index in [0.29, 0.717) is 0 Å². The predicted molar refractivity (Wildman–Crippen MR) is 190 cm³/mol. The quantitative estimate of drug-likeness (QED) is 0.0827. The first-order chi connectivity index (χ1) is 19.7. The van der Waals surface area contributed by atoms with E-state index in [0.717, 1.165) is 121 Å². The molecule has 41 heavy (non-hydrogen) atoms. The summed E-state index contributed by atoms with van der Waals surface area (Å²) < 4.78 is 0. The molecule has 0 atom stereocenters. The molecule has 0 aromatic heterocycles. The standard InChI is InChI=1S/C14H13N2.3C5H14N2S.Ge/c1-2-7-13-11(4-1)5-3-6-12(13)10-14-15-8-9-16-14;3*6-2-1-3-7-4-5-8;/h1-7H,8-10H2;3*7-8H,1-6H2;/q-1;;;;/p-3. The van der Waals surface area contributed by atoms with Gasteiger partial charge in [0.2, 0.25) is 0 Å². The van der Waals surface area contributed by atoms with Gasteiger partial charge in [-0.3, -0.25) is 0 Å². The van der Waals surface area contributed by atoms with Crippen LogP contribution in [0.3, 0.4) is 0 Å². The van der Waals surface area contributed by atoms with E-state index in [-0.39, 0.29) is 17.6 Å². The van der Waals surface area contributed by atoms with Crippen molar-refractivity contribution in [3.63, 3.8) is 0 Å². The van der Waals surface area contributed by atoms with E-state index in [1.807, 2.05) is 0 Å². The van der Waals surface area contributed by atoms with E-state index in [4.69, 9.17) is 55.1 Å². The Morgan fingerprint density at radius 3 is 1.61 bits per heavy atom. The van der Waals surface area contributed by atoms with Gasteiger partial charge in [-0.25, -0.2) is 0 Å². The van der Waals surface area contributed by atoms with Crippen molar-refractivity contribution in [2.24, 2.45) is 22.2 Å². The summed E-state index contributed by atoms with van der Waals surface area (Å²) in [5.41, 5.74) is 17.1. The minimum Gasteiger partial charge on any atom is -0.791 e. The number of amidine groups is 1. The van der Waals surface area contributed by atoms with Gasteiger partial charge in [0.15, 0.2) is 0 Å². The van der Waals surface area contributed by atoms with Crippen LogP contribution < -0.4 is 33.2 Å². The SMILES string of the molecule is NCCCNCC[S-].NCCCNCC[S-].NCCCNCC[S-].[Ge].c1ccc2c(CC3=NCC[N-]3)cccc2c1. The predicted octanol–water partition coefficient (Wildman–Crippen LogP) is 1.20. The van der Waals surface area contributed by atoms with Crippen molar-refractivity contribution >= 4 is 72.1 Å². The first kappa shape index (κ1) is 42.7. The Morgan fingerprint density at radius 2 is 1.17 bits per heavy atom. The Balaban J connectivity index is 0. The number of hydrogen-bond donors (Lipinski definition) is 6. The molecule has 0 saturated carbocycles. The second-order valence-electron chi connectivity index (χ2n) is 8.78. The summed E-state index contributed by atoms with van der Waals surface area (Å²) in [7, 11) is 0. The van der Waals surface area contributed by atoms with Gasteiger partial charge in [0.05, 0.1) is 0 Å². The number of fused-ring (bicyclic) bond motifs is 1. The molecule has 0 bridgehead atoms. The number of hydrogen-bond acceptors (Lipinski definition) is 10. The molecule has 0 spiro atoms. The molecule has 1 aliphatic rings. The summed E-state index contributed by atoms with van der Waals surface area (Å²) in [5.74, 6) is 3.39. The maximum Gasteiger partial charge on any atom is 0 e. The Morgan fingerprint density at radius 1 is 0.683 bits per heavy atom. The first-order valence-electron chi connectivity index (χ1n) is 14.3. The van der Waals surface area contributed by atoms with Crippen molar-refractivity contribution in [3.8, 4) is 0 Å². The van der Waals surface area contributed by atoms with Crippen LogP contribution in [0.2, 0.25) is 0 Å². The van der Waals surface area contributed by atoms with Gasteiger partial charge in [-0.1, -0.05) is 61.4 Å². The Labute approximate surface area is 277 Å². The number of benzene rings is 2. The summed E-state index contributed by atoms with van der Waals surface area (Å²) in [5, 5.41) is 16.4. The smallest absolute Gasteiger partial charge is 0 e. The van der Waals surface area contributed by atoms with Gasteiger partial charge in [-0.2, -0.15) is 17.3 Å². The second kappa shape index (κ2) is 34.0. The van der Waals surface area contributed by atoms with Crippen LogP contribution in [-0.4, -0.2) is 113 Å². The fraction of sp³-hybridized carbons (Fsp3) is 0.621. The summed E-state index contributed by atoms with van der Waals surface area (Å²) >= 11 is 14.1. The summed E-state index contributed by atoms with van der Waals surface area (Å²) in [4.78, 5) is 4.39. The van der Waals surface area contributed by atoms with Crippen LogP contribution in [0.25, 0.3) is 16.1 Å². The van der Waals surface area contributed by atoms with Crippen LogP contribution in [0.4, 0.5) is 0 Å². The van der Waals surface area contributed by atoms with Gasteiger partial charge >= 0.3 is 0 Å². The van der Waals surface area contributed by atoms with Crippen molar-refractivity contribution in [2.45, 2.75) is 25.7 Å². The van der Waals surface area contributed by atoms with E-state index in [9.17, 15) is 0 Å². The van der Waals surface area contributed by atoms with Crippen molar-refractivity contribution in [1.29, 1.82) is 0 Å². The van der Waals surface area contributed by atoms with Gasteiger partial charge in [-0.05, 0) is 101 Å². The molecular formula is C29H52GeN8S3-4. The van der Waals surface area contributed by atoms with E-state index >= 15 is 0 Å². The molecule has 8 nitrogen and oxygen atoms in total. The third kappa shape index (κ3) is 25.7. The Bertz CT molecular complexity index is 797. The van der Waals surface area contributed by atoms with E-state index < -0.39 is 0 Å². The number of nitrogens with one attached hydrogen (secondary N) is 3. The van der Waals surface area contributed by atoms with Crippen molar-refractivity contribution in [3.05, 3.63) is 53.3 Å². The molecule has 2 aromatic rings. The normalized spacial score (nSPS) is 11.5. The van der Waals surface area contributed by atoms with Gasteiger partial charge in [0, 0.05) is 17.6 Å². The molecule has 0 unspecified atom stereocenters. The second-order valence-corrected chi connectivity index (χ2v) is 10.0. The number of rotatable bonds is 17. The molecule has 1 aliphatic heterocycles. The Kier molecular flexibility index (Phi) is 35.4. The maximum absolute atomic E-state index is 5.24. The number of nitrogens with two attached hydrogens (primary N) is 3. The van der Waals surface area contributed by atoms with Gasteiger partial charge in [-0.15, -0.1) is 0 Å². The third-order valence-corrected chi connectivity index (χ3v) is 6.04. The molecule has 0 amide bonds. The minimum absolute atomic E-state index is 0. The van der Waals surface area contributed by atoms with E-state index in [1.165, 1.54) is 16.3 Å². The molecule has 12 heteroatoms. The monoisotopic (exact) mass is 682 g/mol. The van der Waals surface area contributed by atoms with Crippen LogP contribution >= 0.6 is 0 Å². The van der Waals surface area contributed by atoms with Gasteiger partial charge in [0.25, 0.3) is 0 Å². The largest absolute Gasteiger partial charge is 0.791 e. The number of aliphatic imine (C=N–C) groups is 1. The molecule has 0 saturated heterocycles. The molecule has 0 aliphatic carbocycles. The molecule has 9 N–H and O–H groups in total. The third-order valence-electron chi connectivity index (χ3n) is 5.43. The molecule has 1 heterocycles. The van der Waals surface area contributed by atoms with Crippen molar-refractivity contribution < 1.29 is 0 Å². The van der Waals surface area contributed by atoms with Crippen molar-refractivity contribution in [1.82, 2.24) is 16.0 Å². The first-order valence-corrected chi connectivity index (χ1v) is 16.1. The topological polar surface area (TPSA) is 141 Å². The van der Waals surface area contributed by atoms with Crippen molar-refractivity contribution in [2.75, 3.05) is 89.3 Å². The van der Waals surface area contributed by atoms with E-state index in [1.54, 1.807) is 0 Å². The van der Waals surface area contributed by atoms with Gasteiger partial charge in [0.1, 0.15) is 0 Å². The minimum atomic E-state index is 0. The van der Waals surface area contributed by atoms with Crippen LogP contribution in [0.5, 0.6) is 0 Å². The van der Waals surface area contributed by atoms with Crippen LogP contribution in [0, 0.1) is 0 Å². The average Bonchev–Trinajstić information content (AvgIpc) is 3.50. The van der Waals surface area contributed by atoms with Crippen LogP contribution in [0.1, 0.15) is 24.8 Å². The fourth-order valence-electron chi connectivity index (χ4n) is 3.41. The zero-order valence-electron chi connectivity index (χ0n) is 24.6. The van der Waals surface area contributed by atoms with Crippen LogP contribution in [0.15, 0.2) is 47.5 Å². The fourth-order valence-corrected chi connectivity index (χ4v) is 3.84. The Hall–Kier alpha value is -0.477. The van der Waals surface area contributed by atoms with E-state index in [2.05, 4.69) is 68.7 Å². The van der Waals surface area contributed by atoms with Crippen LogP contribution in [-0.2, 0) is 44.3 Å². The average molecular weight is 682 g/mol. The summed E-state index contributed by atoms with van der Waals surface area (Å²) in [6.07, 6.45) is 4.02. The molecular weight excluding hydrogens is 629 g/mol. The molecule has 234 valence electrons. The number of nitrogens with zero attached hydrogens (tertiary/aromatic N) is 2. The summed E-state index contributed by atoms with van der Waals surface area (Å²) in [6.45, 7) is 9.87. The molecule has 2 aromatic carbocycles. The maximum atomic E-state index is 5.24. The molecule has 4 radical (unpaired) electrons. The molecule has 3 rings (SSSR count). The zero-order chi connectivity index (χ0) is 29.5. The van der Waals surface area contributed by atoms with Gasteiger partial charge < -0.3 is 81.3 Å².